The van der Waals surface area contributed by atoms with Crippen molar-refractivity contribution >= 4 is 17.1 Å². The molecule has 0 amide bonds. The Morgan fingerprint density at radius 3 is 3.13 bits per heavy atom. The van der Waals surface area contributed by atoms with Crippen molar-refractivity contribution in [3.05, 3.63) is 35.0 Å². The Kier molecular flexibility index (Phi) is 1.76. The van der Waals surface area contributed by atoms with E-state index in [-0.39, 0.29) is 0 Å². The number of benzene rings is 1. The van der Waals surface area contributed by atoms with Gasteiger partial charge >= 0.3 is 0 Å². The van der Waals surface area contributed by atoms with E-state index in [1.165, 1.54) is 5.06 Å². The number of hydrogen-bond acceptors (Lipinski definition) is 3. The van der Waals surface area contributed by atoms with E-state index in [4.69, 9.17) is 0 Å². The van der Waals surface area contributed by atoms with E-state index in [1.54, 1.807) is 6.20 Å². The van der Waals surface area contributed by atoms with E-state index in [0.29, 0.717) is 13.1 Å². The van der Waals surface area contributed by atoms with Crippen LogP contribution in [0, 0.1) is 0 Å². The summed E-state index contributed by atoms with van der Waals surface area (Å²) < 4.78 is 0. The molecule has 2 aromatic rings. The summed E-state index contributed by atoms with van der Waals surface area (Å²) in [6.07, 6.45) is 1.69. The third-order valence-electron chi connectivity index (χ3n) is 2.58. The summed E-state index contributed by atoms with van der Waals surface area (Å²) in [6.45, 7) is 1.15. The maximum Gasteiger partial charge on any atom is 0.0919 e. The Labute approximate surface area is 86.1 Å². The summed E-state index contributed by atoms with van der Waals surface area (Å²) in [5.74, 6) is 0. The number of aromatic nitrogens is 1. The van der Waals surface area contributed by atoms with Crippen LogP contribution in [0.3, 0.4) is 0 Å². The van der Waals surface area contributed by atoms with Crippen LogP contribution >= 0.6 is 0 Å². The number of nitrogens with zero attached hydrogens (tertiary/aromatic N) is 2. The smallest absolute Gasteiger partial charge is 0.0919 e. The summed E-state index contributed by atoms with van der Waals surface area (Å²) in [5, 5.41) is 13.6. The summed E-state index contributed by atoms with van der Waals surface area (Å²) in [5.41, 5.74) is 1.05. The van der Waals surface area contributed by atoms with Crippen molar-refractivity contribution in [2.24, 2.45) is 4.99 Å². The number of para-hydroxylation sites is 1. The molecule has 0 spiro atoms. The Balaban J connectivity index is 2.47. The normalized spacial score (nSPS) is 15.4. The van der Waals surface area contributed by atoms with Gasteiger partial charge in [0.15, 0.2) is 0 Å². The third kappa shape index (κ3) is 1.30. The molecule has 4 nitrogen and oxygen atoms in total. The second-order valence-corrected chi connectivity index (χ2v) is 3.61. The topological polar surface area (TPSA) is 51.6 Å². The molecule has 2 heterocycles. The van der Waals surface area contributed by atoms with Gasteiger partial charge in [-0.05, 0) is 6.07 Å². The van der Waals surface area contributed by atoms with Crippen LogP contribution in [0.15, 0.2) is 29.3 Å². The lowest BCUT2D eigenvalue weighted by atomic mass is 10.2. The molecule has 1 aliphatic heterocycles. The molecule has 0 atom stereocenters. The minimum Gasteiger partial charge on any atom is -0.352 e. The molecule has 1 aliphatic rings. The largest absolute Gasteiger partial charge is 0.352 e. The summed E-state index contributed by atoms with van der Waals surface area (Å²) in [6, 6.07) is 8.02. The number of aromatic amines is 1. The number of hydroxylamine groups is 2. The van der Waals surface area contributed by atoms with Gasteiger partial charge < -0.3 is 4.98 Å². The summed E-state index contributed by atoms with van der Waals surface area (Å²) >= 11 is 0. The fraction of sp³-hybridized carbons (Fsp3) is 0.182. The first-order valence-corrected chi connectivity index (χ1v) is 4.93. The fourth-order valence-corrected chi connectivity index (χ4v) is 1.89. The SMILES string of the molecule is ON1C=c2[nH]c3ccccc3c2=NCC1. The van der Waals surface area contributed by atoms with Crippen LogP contribution in [-0.4, -0.2) is 28.3 Å². The molecule has 2 N–H and O–H groups in total. The van der Waals surface area contributed by atoms with Crippen LogP contribution in [0.4, 0.5) is 0 Å². The van der Waals surface area contributed by atoms with E-state index >= 15 is 0 Å². The van der Waals surface area contributed by atoms with E-state index in [9.17, 15) is 5.21 Å². The predicted molar refractivity (Wildman–Crippen MR) is 56.9 cm³/mol. The quantitative estimate of drug-likeness (QED) is 0.641. The van der Waals surface area contributed by atoms with Crippen molar-refractivity contribution in [3.8, 4) is 0 Å². The molecular weight excluding hydrogens is 190 g/mol. The Morgan fingerprint density at radius 1 is 1.33 bits per heavy atom. The zero-order chi connectivity index (χ0) is 10.3. The fourth-order valence-electron chi connectivity index (χ4n) is 1.89. The monoisotopic (exact) mass is 201 g/mol. The molecule has 76 valence electrons. The van der Waals surface area contributed by atoms with Crippen LogP contribution in [-0.2, 0) is 0 Å². The lowest BCUT2D eigenvalue weighted by Crippen LogP contribution is -2.24. The highest BCUT2D eigenvalue weighted by molar-refractivity contribution is 5.79. The van der Waals surface area contributed by atoms with Gasteiger partial charge in [-0.15, -0.1) is 0 Å². The highest BCUT2D eigenvalue weighted by Gasteiger charge is 2.04. The standard InChI is InChI=1S/C11H11N3O/c15-14-6-5-12-11-8-3-1-2-4-9(8)13-10(11)7-14/h1-4,7,13,15H,5-6H2. The van der Waals surface area contributed by atoms with E-state index in [2.05, 4.69) is 9.98 Å². The molecule has 3 rings (SSSR count). The van der Waals surface area contributed by atoms with E-state index < -0.39 is 0 Å². The highest BCUT2D eigenvalue weighted by atomic mass is 16.5. The maximum absolute atomic E-state index is 9.46. The average molecular weight is 201 g/mol. The molecular formula is C11H11N3O. The zero-order valence-corrected chi connectivity index (χ0v) is 8.14. The molecule has 0 aliphatic carbocycles. The van der Waals surface area contributed by atoms with E-state index in [0.717, 1.165) is 21.6 Å². The van der Waals surface area contributed by atoms with Crippen LogP contribution in [0.25, 0.3) is 17.1 Å². The predicted octanol–water partition coefficient (Wildman–Crippen LogP) is 0.230. The summed E-state index contributed by atoms with van der Waals surface area (Å²) in [4.78, 5) is 7.70. The van der Waals surface area contributed by atoms with Crippen molar-refractivity contribution in [3.63, 3.8) is 0 Å². The molecule has 0 unspecified atom stereocenters. The molecule has 0 saturated heterocycles. The Hall–Kier alpha value is -1.81. The number of rotatable bonds is 0. The van der Waals surface area contributed by atoms with Crippen LogP contribution in [0.1, 0.15) is 0 Å². The first-order chi connectivity index (χ1) is 7.34. The van der Waals surface area contributed by atoms with Gasteiger partial charge in [0, 0.05) is 10.9 Å². The second kappa shape index (κ2) is 3.10. The molecule has 0 fully saturated rings. The second-order valence-electron chi connectivity index (χ2n) is 3.61. The molecule has 1 aromatic heterocycles. The van der Waals surface area contributed by atoms with Crippen molar-refractivity contribution < 1.29 is 5.21 Å². The highest BCUT2D eigenvalue weighted by Crippen LogP contribution is 2.04. The van der Waals surface area contributed by atoms with Crippen LogP contribution in [0.5, 0.6) is 0 Å². The first-order valence-electron chi connectivity index (χ1n) is 4.93. The Bertz CT molecular complexity index is 614. The van der Waals surface area contributed by atoms with Gasteiger partial charge in [-0.3, -0.25) is 15.3 Å². The van der Waals surface area contributed by atoms with Crippen molar-refractivity contribution in [1.29, 1.82) is 0 Å². The van der Waals surface area contributed by atoms with Gasteiger partial charge in [0.1, 0.15) is 0 Å². The van der Waals surface area contributed by atoms with Crippen molar-refractivity contribution in [1.82, 2.24) is 10.0 Å². The molecule has 1 aromatic carbocycles. The van der Waals surface area contributed by atoms with Gasteiger partial charge in [-0.2, -0.15) is 0 Å². The molecule has 0 radical (unpaired) electrons. The van der Waals surface area contributed by atoms with E-state index in [1.807, 2.05) is 24.3 Å². The summed E-state index contributed by atoms with van der Waals surface area (Å²) in [7, 11) is 0. The molecule has 0 bridgehead atoms. The molecule has 4 heteroatoms. The van der Waals surface area contributed by atoms with Gasteiger partial charge in [-0.1, -0.05) is 18.2 Å². The lowest BCUT2D eigenvalue weighted by Gasteiger charge is -2.06. The van der Waals surface area contributed by atoms with Gasteiger partial charge in [-0.25, -0.2) is 0 Å². The third-order valence-corrected chi connectivity index (χ3v) is 2.58. The van der Waals surface area contributed by atoms with Gasteiger partial charge in [0.05, 0.1) is 30.0 Å². The Morgan fingerprint density at radius 2 is 2.20 bits per heavy atom. The van der Waals surface area contributed by atoms with Gasteiger partial charge in [0.25, 0.3) is 0 Å². The number of nitrogens with one attached hydrogen (secondary N) is 1. The van der Waals surface area contributed by atoms with Gasteiger partial charge in [0.2, 0.25) is 0 Å². The lowest BCUT2D eigenvalue weighted by molar-refractivity contribution is -0.0166. The van der Waals surface area contributed by atoms with Crippen LogP contribution in [0.2, 0.25) is 0 Å². The number of H-pyrrole nitrogens is 1. The first kappa shape index (κ1) is 8.49. The minimum absolute atomic E-state index is 0.539. The van der Waals surface area contributed by atoms with Crippen molar-refractivity contribution in [2.75, 3.05) is 13.1 Å². The number of hydrogen-bond donors (Lipinski definition) is 2. The number of fused-ring (bicyclic) bond motifs is 3. The van der Waals surface area contributed by atoms with Crippen molar-refractivity contribution in [2.45, 2.75) is 0 Å². The average Bonchev–Trinajstić information content (AvgIpc) is 2.46. The minimum atomic E-state index is 0.539. The molecule has 0 saturated carbocycles. The van der Waals surface area contributed by atoms with Crippen LogP contribution < -0.4 is 10.7 Å². The maximum atomic E-state index is 9.46. The zero-order valence-electron chi connectivity index (χ0n) is 8.14. The molecule has 15 heavy (non-hydrogen) atoms.